The van der Waals surface area contributed by atoms with Gasteiger partial charge in [0.25, 0.3) is 0 Å². The van der Waals surface area contributed by atoms with Crippen LogP contribution < -0.4 is 5.32 Å². The maximum atomic E-state index is 12.0. The Morgan fingerprint density at radius 3 is 2.46 bits per heavy atom. The van der Waals surface area contributed by atoms with E-state index in [-0.39, 0.29) is 22.7 Å². The van der Waals surface area contributed by atoms with Crippen molar-refractivity contribution >= 4 is 21.9 Å². The van der Waals surface area contributed by atoms with Crippen molar-refractivity contribution in [2.24, 2.45) is 0 Å². The summed E-state index contributed by atoms with van der Waals surface area (Å²) in [4.78, 5) is 11.8. The maximum Gasteiger partial charge on any atom is 0.322 e. The molecule has 0 atom stereocenters. The van der Waals surface area contributed by atoms with Crippen molar-refractivity contribution in [3.05, 3.63) is 24.3 Å². The average Bonchev–Trinajstić information content (AvgIpc) is 3.01. The number of hydrogen-bond donors (Lipinski definition) is 1. The highest BCUT2D eigenvalue weighted by atomic mass is 32.2. The van der Waals surface area contributed by atoms with Crippen molar-refractivity contribution < 1.29 is 17.6 Å². The van der Waals surface area contributed by atoms with Crippen LogP contribution in [-0.4, -0.2) is 42.9 Å². The topological polar surface area (TPSA) is 105 Å². The van der Waals surface area contributed by atoms with Crippen LogP contribution in [0, 0.1) is 0 Å². The Balaban J connectivity index is 2.12. The SMILES string of the molecule is CCCCC(=O)Nc1nnc(-c2ccc(S(=O)(=O)N(C)C)cc2)o1. The molecule has 0 bridgehead atoms. The minimum Gasteiger partial charge on any atom is -0.403 e. The molecule has 0 radical (unpaired) electrons. The Bertz CT molecular complexity index is 797. The number of benzene rings is 1. The van der Waals surface area contributed by atoms with Crippen LogP contribution in [0.5, 0.6) is 0 Å². The lowest BCUT2D eigenvalue weighted by atomic mass is 10.2. The number of sulfonamides is 1. The Labute approximate surface area is 140 Å². The lowest BCUT2D eigenvalue weighted by Crippen LogP contribution is -2.22. The van der Waals surface area contributed by atoms with Crippen LogP contribution >= 0.6 is 0 Å². The van der Waals surface area contributed by atoms with Gasteiger partial charge < -0.3 is 4.42 Å². The van der Waals surface area contributed by atoms with Gasteiger partial charge in [-0.25, -0.2) is 12.7 Å². The number of anilines is 1. The fraction of sp³-hybridized carbons (Fsp3) is 0.400. The second kappa shape index (κ2) is 7.54. The first-order chi connectivity index (χ1) is 11.3. The molecule has 1 aromatic carbocycles. The van der Waals surface area contributed by atoms with E-state index >= 15 is 0 Å². The number of carbonyl (C=O) groups is 1. The largest absolute Gasteiger partial charge is 0.403 e. The highest BCUT2D eigenvalue weighted by Crippen LogP contribution is 2.22. The van der Waals surface area contributed by atoms with Crippen LogP contribution in [0.2, 0.25) is 0 Å². The van der Waals surface area contributed by atoms with E-state index < -0.39 is 10.0 Å². The van der Waals surface area contributed by atoms with Gasteiger partial charge in [-0.1, -0.05) is 18.4 Å². The summed E-state index contributed by atoms with van der Waals surface area (Å²) in [6.45, 7) is 2.00. The fourth-order valence-corrected chi connectivity index (χ4v) is 2.79. The Morgan fingerprint density at radius 1 is 1.21 bits per heavy atom. The van der Waals surface area contributed by atoms with Gasteiger partial charge in [0.2, 0.25) is 21.8 Å². The van der Waals surface area contributed by atoms with E-state index in [1.807, 2.05) is 6.92 Å². The summed E-state index contributed by atoms with van der Waals surface area (Å²) in [7, 11) is -0.552. The molecule has 0 aliphatic carbocycles. The van der Waals surface area contributed by atoms with Gasteiger partial charge in [-0.15, -0.1) is 5.10 Å². The molecule has 0 unspecified atom stereocenters. The van der Waals surface area contributed by atoms with Gasteiger partial charge in [-0.05, 0) is 30.7 Å². The fourth-order valence-electron chi connectivity index (χ4n) is 1.89. The average molecular weight is 352 g/mol. The van der Waals surface area contributed by atoms with Crippen molar-refractivity contribution in [1.82, 2.24) is 14.5 Å². The second-order valence-electron chi connectivity index (χ2n) is 5.38. The van der Waals surface area contributed by atoms with Gasteiger partial charge >= 0.3 is 6.01 Å². The van der Waals surface area contributed by atoms with Crippen LogP contribution in [-0.2, 0) is 14.8 Å². The molecule has 24 heavy (non-hydrogen) atoms. The van der Waals surface area contributed by atoms with Crippen molar-refractivity contribution in [3.63, 3.8) is 0 Å². The standard InChI is InChI=1S/C15H20N4O4S/c1-4-5-6-13(20)16-15-18-17-14(23-15)11-7-9-12(10-8-11)24(21,22)19(2)3/h7-10H,4-6H2,1-3H3,(H,16,18,20). The summed E-state index contributed by atoms with van der Waals surface area (Å²) < 4.78 is 30.6. The van der Waals surface area contributed by atoms with Crippen molar-refractivity contribution in [3.8, 4) is 11.5 Å². The molecule has 1 N–H and O–H groups in total. The van der Waals surface area contributed by atoms with Crippen LogP contribution in [0.1, 0.15) is 26.2 Å². The zero-order valence-electron chi connectivity index (χ0n) is 13.8. The van der Waals surface area contributed by atoms with Crippen LogP contribution in [0.15, 0.2) is 33.6 Å². The molecule has 0 aliphatic rings. The number of rotatable bonds is 7. The third kappa shape index (κ3) is 4.18. The Hall–Kier alpha value is -2.26. The summed E-state index contributed by atoms with van der Waals surface area (Å²) >= 11 is 0. The normalized spacial score (nSPS) is 11.7. The molecule has 2 rings (SSSR count). The smallest absolute Gasteiger partial charge is 0.322 e. The number of hydrogen-bond acceptors (Lipinski definition) is 6. The first kappa shape index (κ1) is 18.1. The Kier molecular flexibility index (Phi) is 5.68. The molecule has 0 saturated carbocycles. The highest BCUT2D eigenvalue weighted by Gasteiger charge is 2.18. The van der Waals surface area contributed by atoms with Gasteiger partial charge in [0, 0.05) is 26.1 Å². The number of carbonyl (C=O) groups excluding carboxylic acids is 1. The van der Waals surface area contributed by atoms with Crippen molar-refractivity contribution in [2.45, 2.75) is 31.1 Å². The first-order valence-corrected chi connectivity index (χ1v) is 8.95. The number of aromatic nitrogens is 2. The van der Waals surface area contributed by atoms with Crippen molar-refractivity contribution in [2.75, 3.05) is 19.4 Å². The minimum absolute atomic E-state index is 0.0242. The molecule has 0 aliphatic heterocycles. The van der Waals surface area contributed by atoms with Gasteiger partial charge in [0.1, 0.15) is 0 Å². The molecular formula is C15H20N4O4S. The van der Waals surface area contributed by atoms with E-state index in [0.29, 0.717) is 12.0 Å². The van der Waals surface area contributed by atoms with E-state index in [4.69, 9.17) is 4.42 Å². The van der Waals surface area contributed by atoms with Gasteiger partial charge in [0.05, 0.1) is 4.90 Å². The minimum atomic E-state index is -3.49. The molecule has 1 aromatic heterocycles. The molecule has 130 valence electrons. The summed E-state index contributed by atoms with van der Waals surface area (Å²) in [5.41, 5.74) is 0.564. The summed E-state index contributed by atoms with van der Waals surface area (Å²) in [6, 6.07) is 6.11. The second-order valence-corrected chi connectivity index (χ2v) is 7.53. The predicted molar refractivity (Wildman–Crippen MR) is 88.8 cm³/mol. The molecule has 1 amide bonds. The van der Waals surface area contributed by atoms with Gasteiger partial charge in [-0.2, -0.15) is 0 Å². The summed E-state index contributed by atoms with van der Waals surface area (Å²) in [5.74, 6) is 0.0223. The number of nitrogens with one attached hydrogen (secondary N) is 1. The predicted octanol–water partition coefficient (Wildman–Crippen LogP) is 2.12. The monoisotopic (exact) mass is 352 g/mol. The van der Waals surface area contributed by atoms with E-state index in [1.165, 1.54) is 26.2 Å². The molecule has 0 spiro atoms. The lowest BCUT2D eigenvalue weighted by Gasteiger charge is -2.11. The molecule has 1 heterocycles. The molecule has 0 fully saturated rings. The van der Waals surface area contributed by atoms with Crippen LogP contribution in [0.3, 0.4) is 0 Å². The first-order valence-electron chi connectivity index (χ1n) is 7.51. The molecule has 0 saturated heterocycles. The summed E-state index contributed by atoms with van der Waals surface area (Å²) in [6.07, 6.45) is 2.10. The molecular weight excluding hydrogens is 332 g/mol. The zero-order chi connectivity index (χ0) is 17.7. The summed E-state index contributed by atoms with van der Waals surface area (Å²) in [5, 5.41) is 10.2. The maximum absolute atomic E-state index is 12.0. The zero-order valence-corrected chi connectivity index (χ0v) is 14.6. The van der Waals surface area contributed by atoms with E-state index in [2.05, 4.69) is 15.5 Å². The van der Waals surface area contributed by atoms with E-state index in [0.717, 1.165) is 17.1 Å². The Morgan fingerprint density at radius 2 is 1.88 bits per heavy atom. The molecule has 8 nitrogen and oxygen atoms in total. The highest BCUT2D eigenvalue weighted by molar-refractivity contribution is 7.89. The van der Waals surface area contributed by atoms with Gasteiger partial charge in [0.15, 0.2) is 0 Å². The van der Waals surface area contributed by atoms with Gasteiger partial charge in [-0.3, -0.25) is 10.1 Å². The van der Waals surface area contributed by atoms with E-state index in [1.54, 1.807) is 12.1 Å². The van der Waals surface area contributed by atoms with Crippen molar-refractivity contribution in [1.29, 1.82) is 0 Å². The lowest BCUT2D eigenvalue weighted by molar-refractivity contribution is -0.116. The third-order valence-electron chi connectivity index (χ3n) is 3.31. The van der Waals surface area contributed by atoms with E-state index in [9.17, 15) is 13.2 Å². The van der Waals surface area contributed by atoms with Crippen LogP contribution in [0.25, 0.3) is 11.5 Å². The van der Waals surface area contributed by atoms with Crippen LogP contribution in [0.4, 0.5) is 6.01 Å². The third-order valence-corrected chi connectivity index (χ3v) is 5.14. The molecule has 9 heteroatoms. The number of unbranched alkanes of at least 4 members (excludes halogenated alkanes) is 1. The quantitative estimate of drug-likeness (QED) is 0.818. The number of amides is 1. The number of nitrogens with zero attached hydrogens (tertiary/aromatic N) is 3. The molecule has 2 aromatic rings.